The van der Waals surface area contributed by atoms with Crippen molar-refractivity contribution in [3.05, 3.63) is 180 Å². The summed E-state index contributed by atoms with van der Waals surface area (Å²) in [4.78, 5) is 9.95. The summed E-state index contributed by atoms with van der Waals surface area (Å²) in [7, 11) is 0. The zero-order valence-corrected chi connectivity index (χ0v) is 43.6. The van der Waals surface area contributed by atoms with Crippen molar-refractivity contribution in [1.29, 1.82) is 0 Å². The molecule has 0 unspecified atom stereocenters. The molecule has 0 saturated carbocycles. The second kappa shape index (κ2) is 16.3. The zero-order valence-electron chi connectivity index (χ0n) is 42.8. The molecule has 0 fully saturated rings. The molecule has 3 aromatic heterocycles. The number of hydrogen-bond acceptors (Lipinski definition) is 5. The fourth-order valence-corrected chi connectivity index (χ4v) is 11.4. The number of aromatic nitrogens is 2. The lowest BCUT2D eigenvalue weighted by molar-refractivity contribution is 0.484. The third-order valence-electron chi connectivity index (χ3n) is 14.3. The van der Waals surface area contributed by atoms with Crippen LogP contribution >= 0.6 is 11.3 Å². The average molecular weight is 937 g/mol. The number of hydrogen-bond donors (Lipinski definition) is 0. The van der Waals surface area contributed by atoms with E-state index < -0.39 is 0 Å². The van der Waals surface area contributed by atoms with Crippen molar-refractivity contribution in [2.75, 3.05) is 16.5 Å². The molecule has 0 bridgehead atoms. The van der Waals surface area contributed by atoms with Crippen molar-refractivity contribution in [3.8, 4) is 39.6 Å². The van der Waals surface area contributed by atoms with E-state index in [0.717, 1.165) is 39.7 Å². The Balaban J connectivity index is 1.04. The lowest BCUT2D eigenvalue weighted by atomic mass is 9.77. The maximum absolute atomic E-state index is 6.97. The summed E-state index contributed by atoms with van der Waals surface area (Å²) in [5, 5.41) is 2.55. The lowest BCUT2D eigenvalue weighted by Crippen LogP contribution is -2.25. The van der Waals surface area contributed by atoms with E-state index >= 15 is 0 Å². The Morgan fingerprint density at radius 1 is 0.457 bits per heavy atom. The van der Waals surface area contributed by atoms with Crippen LogP contribution in [-0.4, -0.2) is 16.2 Å². The molecular weight excluding hydrogens is 873 g/mol. The van der Waals surface area contributed by atoms with E-state index in [1.807, 2.05) is 17.5 Å². The van der Waals surface area contributed by atoms with E-state index in [1.165, 1.54) is 76.1 Å². The first-order valence-electron chi connectivity index (χ1n) is 24.8. The third kappa shape index (κ3) is 8.00. The SMILES string of the molecule is CC(C)(C)c1cc(-c2cc(C(C)(C)C)cc(-c3ccccc3)c2N2CN(c3cccc(Oc4cc5sc6cccc7c6c5c(c4)n7-c4cc(C(C)(C)C)ccn4)c3)c3ccccc32)cc(C(C)(C)C)c1. The number of anilines is 4. The number of para-hydroxylation sites is 2. The summed E-state index contributed by atoms with van der Waals surface area (Å²) < 4.78 is 11.8. The molecule has 0 aliphatic carbocycles. The van der Waals surface area contributed by atoms with Crippen molar-refractivity contribution in [3.63, 3.8) is 0 Å². The van der Waals surface area contributed by atoms with Crippen LogP contribution in [0.3, 0.4) is 0 Å². The maximum Gasteiger partial charge on any atom is 0.137 e. The van der Waals surface area contributed by atoms with Crippen LogP contribution in [0.5, 0.6) is 11.5 Å². The number of ether oxygens (including phenoxy) is 1. The van der Waals surface area contributed by atoms with Gasteiger partial charge in [0.1, 0.15) is 24.0 Å². The van der Waals surface area contributed by atoms with Gasteiger partial charge in [-0.3, -0.25) is 4.57 Å². The van der Waals surface area contributed by atoms with E-state index in [0.29, 0.717) is 6.67 Å². The Morgan fingerprint density at radius 2 is 1.06 bits per heavy atom. The van der Waals surface area contributed by atoms with Gasteiger partial charge in [-0.25, -0.2) is 4.98 Å². The van der Waals surface area contributed by atoms with E-state index in [9.17, 15) is 0 Å². The fourth-order valence-electron chi connectivity index (χ4n) is 10.2. The Bertz CT molecular complexity index is 3570. The highest BCUT2D eigenvalue weighted by atomic mass is 32.1. The van der Waals surface area contributed by atoms with Gasteiger partial charge >= 0.3 is 0 Å². The molecule has 0 radical (unpaired) electrons. The summed E-state index contributed by atoms with van der Waals surface area (Å²) in [6.07, 6.45) is 1.94. The third-order valence-corrected chi connectivity index (χ3v) is 15.4. The quantitative estimate of drug-likeness (QED) is 0.159. The topological polar surface area (TPSA) is 33.5 Å². The summed E-state index contributed by atoms with van der Waals surface area (Å²) >= 11 is 1.82. The van der Waals surface area contributed by atoms with Crippen LogP contribution in [0.1, 0.15) is 105 Å². The van der Waals surface area contributed by atoms with Gasteiger partial charge in [0.05, 0.1) is 28.1 Å². The van der Waals surface area contributed by atoms with Gasteiger partial charge in [0.2, 0.25) is 0 Å². The summed E-state index contributed by atoms with van der Waals surface area (Å²) in [6.45, 7) is 28.4. The normalized spacial score (nSPS) is 13.6. The van der Waals surface area contributed by atoms with Gasteiger partial charge in [0, 0.05) is 55.3 Å². The predicted octanol–water partition coefficient (Wildman–Crippen LogP) is 18.4. The maximum atomic E-state index is 6.97. The van der Waals surface area contributed by atoms with Crippen LogP contribution in [0.25, 0.3) is 59.3 Å². The molecule has 10 aromatic rings. The minimum atomic E-state index is -0.0874. The predicted molar refractivity (Wildman–Crippen MR) is 299 cm³/mol. The van der Waals surface area contributed by atoms with Gasteiger partial charge in [-0.15, -0.1) is 11.3 Å². The number of fused-ring (bicyclic) bond motifs is 1. The molecule has 1 aliphatic heterocycles. The summed E-state index contributed by atoms with van der Waals surface area (Å²) in [6, 6.07) is 56.1. The number of nitrogens with zero attached hydrogens (tertiary/aromatic N) is 4. The Kier molecular flexibility index (Phi) is 10.6. The highest BCUT2D eigenvalue weighted by Crippen LogP contribution is 2.53. The molecule has 352 valence electrons. The average Bonchev–Trinajstić information content (AvgIpc) is 4.01. The number of thiophene rings is 1. The van der Waals surface area contributed by atoms with Crippen LogP contribution in [0.15, 0.2) is 158 Å². The minimum Gasteiger partial charge on any atom is -0.457 e. The first-order chi connectivity index (χ1) is 33.2. The van der Waals surface area contributed by atoms with Crippen LogP contribution < -0.4 is 14.5 Å². The van der Waals surface area contributed by atoms with Gasteiger partial charge in [-0.1, -0.05) is 156 Å². The molecule has 0 N–H and O–H groups in total. The standard InChI is InChI=1S/C64H64N4OS/c1-61(2,3)42-28-29-65-57(35-42)68-53-26-19-27-55-58(53)59-54(68)37-48(38-56(59)70-55)69-47-23-18-22-46(36-47)66-39-67(52-25-17-16-24-51(52)66)60-49(40-20-14-13-15-21-40)33-45(64(10,11)12)34-50(60)41-30-43(62(4,5)6)32-44(31-41)63(7,8)9/h13-38H,39H2,1-12H3. The van der Waals surface area contributed by atoms with Crippen LogP contribution in [0.4, 0.5) is 22.7 Å². The Hall–Kier alpha value is -6.89. The molecule has 0 atom stereocenters. The first-order valence-corrected chi connectivity index (χ1v) is 25.6. The van der Waals surface area contributed by atoms with Gasteiger partial charge in [0.25, 0.3) is 0 Å². The molecule has 70 heavy (non-hydrogen) atoms. The molecule has 1 aliphatic rings. The monoisotopic (exact) mass is 936 g/mol. The van der Waals surface area contributed by atoms with Crippen molar-refractivity contribution < 1.29 is 4.74 Å². The van der Waals surface area contributed by atoms with Gasteiger partial charge in [-0.2, -0.15) is 0 Å². The number of benzene rings is 7. The number of pyridine rings is 1. The number of rotatable bonds is 7. The fraction of sp³-hybridized carbons (Fsp3) is 0.266. The van der Waals surface area contributed by atoms with Crippen molar-refractivity contribution in [1.82, 2.24) is 9.55 Å². The highest BCUT2D eigenvalue weighted by Gasteiger charge is 2.34. The molecule has 11 rings (SSSR count). The van der Waals surface area contributed by atoms with Crippen molar-refractivity contribution >= 4 is 65.3 Å². The smallest absolute Gasteiger partial charge is 0.137 e. The molecular formula is C64H64N4OS. The van der Waals surface area contributed by atoms with Crippen molar-refractivity contribution in [2.45, 2.75) is 105 Å². The molecule has 6 heteroatoms. The summed E-state index contributed by atoms with van der Waals surface area (Å²) in [5.74, 6) is 2.50. The molecule has 0 saturated heterocycles. The summed E-state index contributed by atoms with van der Waals surface area (Å²) in [5.41, 5.74) is 16.8. The van der Waals surface area contributed by atoms with Crippen molar-refractivity contribution in [2.24, 2.45) is 0 Å². The van der Waals surface area contributed by atoms with Crippen LogP contribution in [-0.2, 0) is 21.7 Å². The van der Waals surface area contributed by atoms with Crippen LogP contribution in [0, 0.1) is 0 Å². The van der Waals surface area contributed by atoms with E-state index in [1.54, 1.807) is 0 Å². The minimum absolute atomic E-state index is 0.0105. The molecule has 4 heterocycles. The lowest BCUT2D eigenvalue weighted by Gasteiger charge is -2.31. The van der Waals surface area contributed by atoms with E-state index in [2.05, 4.69) is 249 Å². The largest absolute Gasteiger partial charge is 0.457 e. The van der Waals surface area contributed by atoms with Gasteiger partial charge in [0.15, 0.2) is 0 Å². The second-order valence-corrected chi connectivity index (χ2v) is 24.6. The highest BCUT2D eigenvalue weighted by molar-refractivity contribution is 7.26. The molecule has 7 aromatic carbocycles. The molecule has 0 spiro atoms. The molecule has 0 amide bonds. The van der Waals surface area contributed by atoms with E-state index in [4.69, 9.17) is 9.72 Å². The van der Waals surface area contributed by atoms with Crippen LogP contribution in [0.2, 0.25) is 0 Å². The Morgan fingerprint density at radius 3 is 1.73 bits per heavy atom. The van der Waals surface area contributed by atoms with E-state index in [-0.39, 0.29) is 21.7 Å². The molecule has 5 nitrogen and oxygen atoms in total. The Labute approximate surface area is 418 Å². The van der Waals surface area contributed by atoms with Gasteiger partial charge in [-0.05, 0) is 122 Å². The second-order valence-electron chi connectivity index (χ2n) is 23.5. The first kappa shape index (κ1) is 45.5. The van der Waals surface area contributed by atoms with Gasteiger partial charge < -0.3 is 14.5 Å². The zero-order chi connectivity index (χ0) is 49.1.